The van der Waals surface area contributed by atoms with Crippen molar-refractivity contribution < 1.29 is 17.9 Å². The number of carbonyl (C=O) groups excluding carboxylic acids is 1. The van der Waals surface area contributed by atoms with Crippen LogP contribution in [0, 0.1) is 0 Å². The number of carbonyl (C=O) groups is 1. The van der Waals surface area contributed by atoms with E-state index in [1.54, 1.807) is 37.3 Å². The summed E-state index contributed by atoms with van der Waals surface area (Å²) in [5.41, 5.74) is 0.721. The normalized spacial score (nSPS) is 19.3. The molecule has 0 aliphatic carbocycles. The zero-order valence-electron chi connectivity index (χ0n) is 13.2. The summed E-state index contributed by atoms with van der Waals surface area (Å²) < 4.78 is 28.2. The predicted molar refractivity (Wildman–Crippen MR) is 90.9 cm³/mol. The van der Waals surface area contributed by atoms with Crippen LogP contribution < -0.4 is 10.1 Å². The molecule has 1 heterocycles. The molecule has 1 N–H and O–H groups in total. The highest BCUT2D eigenvalue weighted by atomic mass is 35.5. The Balaban J connectivity index is 1.86. The van der Waals surface area contributed by atoms with Crippen molar-refractivity contribution in [2.45, 2.75) is 18.9 Å². The van der Waals surface area contributed by atoms with Crippen molar-refractivity contribution in [3.05, 3.63) is 23.2 Å². The first-order valence-electron chi connectivity index (χ1n) is 7.36. The molecule has 1 aromatic carbocycles. The van der Waals surface area contributed by atoms with E-state index in [1.807, 2.05) is 0 Å². The van der Waals surface area contributed by atoms with Gasteiger partial charge in [0.2, 0.25) is 5.91 Å². The number of rotatable bonds is 6. The van der Waals surface area contributed by atoms with Crippen LogP contribution in [-0.4, -0.2) is 57.5 Å². The standard InChI is InChI=1S/C15H21ClN2O4S/c1-18(12-6-8-23(20,21)10-12)15(19)5-7-17-13-9-11(16)3-4-14(13)22-2/h3-4,9,12,17H,5-8,10H2,1-2H3. The Morgan fingerprint density at radius 2 is 2.22 bits per heavy atom. The summed E-state index contributed by atoms with van der Waals surface area (Å²) in [4.78, 5) is 13.7. The molecule has 0 bridgehead atoms. The van der Waals surface area contributed by atoms with Crippen LogP contribution in [0.4, 0.5) is 5.69 Å². The number of ether oxygens (including phenoxy) is 1. The highest BCUT2D eigenvalue weighted by molar-refractivity contribution is 7.91. The molecule has 0 radical (unpaired) electrons. The average Bonchev–Trinajstić information content (AvgIpc) is 2.86. The fourth-order valence-electron chi connectivity index (χ4n) is 2.58. The summed E-state index contributed by atoms with van der Waals surface area (Å²) in [5, 5.41) is 3.70. The SMILES string of the molecule is COc1ccc(Cl)cc1NCCC(=O)N(C)C1CCS(=O)(=O)C1. The van der Waals surface area contributed by atoms with E-state index in [-0.39, 0.29) is 29.9 Å². The Hall–Kier alpha value is -1.47. The Kier molecular flexibility index (Phi) is 5.75. The van der Waals surface area contributed by atoms with E-state index in [1.165, 1.54) is 0 Å². The number of benzene rings is 1. The lowest BCUT2D eigenvalue weighted by Crippen LogP contribution is -2.38. The molecule has 1 aliphatic heterocycles. The number of nitrogens with one attached hydrogen (secondary N) is 1. The molecule has 1 atom stereocenters. The second kappa shape index (κ2) is 7.40. The van der Waals surface area contributed by atoms with Crippen LogP contribution in [0.25, 0.3) is 0 Å². The molecule has 128 valence electrons. The van der Waals surface area contributed by atoms with Gasteiger partial charge in [0.15, 0.2) is 9.84 Å². The lowest BCUT2D eigenvalue weighted by atomic mass is 10.2. The Morgan fingerprint density at radius 3 is 2.83 bits per heavy atom. The number of methoxy groups -OCH3 is 1. The maximum atomic E-state index is 12.2. The van der Waals surface area contributed by atoms with E-state index in [0.717, 1.165) is 5.69 Å². The van der Waals surface area contributed by atoms with Gasteiger partial charge in [0, 0.05) is 31.1 Å². The summed E-state index contributed by atoms with van der Waals surface area (Å²) in [7, 11) is 0.232. The topological polar surface area (TPSA) is 75.7 Å². The minimum Gasteiger partial charge on any atom is -0.495 e. The highest BCUT2D eigenvalue weighted by Crippen LogP contribution is 2.27. The number of amides is 1. The fraction of sp³-hybridized carbons (Fsp3) is 0.533. The average molecular weight is 361 g/mol. The first kappa shape index (κ1) is 17.9. The van der Waals surface area contributed by atoms with Crippen LogP contribution in [-0.2, 0) is 14.6 Å². The van der Waals surface area contributed by atoms with Gasteiger partial charge in [-0.2, -0.15) is 0 Å². The zero-order valence-corrected chi connectivity index (χ0v) is 14.8. The van der Waals surface area contributed by atoms with Gasteiger partial charge in [-0.3, -0.25) is 4.79 Å². The minimum atomic E-state index is -2.99. The zero-order chi connectivity index (χ0) is 17.0. The summed E-state index contributed by atoms with van der Waals surface area (Å²) in [5.74, 6) is 0.788. The second-order valence-electron chi connectivity index (χ2n) is 5.58. The molecule has 0 spiro atoms. The van der Waals surface area contributed by atoms with E-state index in [0.29, 0.717) is 23.7 Å². The van der Waals surface area contributed by atoms with Gasteiger partial charge in [-0.1, -0.05) is 11.6 Å². The maximum absolute atomic E-state index is 12.2. The van der Waals surface area contributed by atoms with Gasteiger partial charge in [0.1, 0.15) is 5.75 Å². The number of nitrogens with zero attached hydrogens (tertiary/aromatic N) is 1. The van der Waals surface area contributed by atoms with Crippen molar-refractivity contribution in [1.29, 1.82) is 0 Å². The number of anilines is 1. The molecule has 0 aromatic heterocycles. The van der Waals surface area contributed by atoms with Crippen molar-refractivity contribution in [2.24, 2.45) is 0 Å². The molecule has 1 saturated heterocycles. The summed E-state index contributed by atoms with van der Waals surface area (Å²) >= 11 is 5.95. The largest absolute Gasteiger partial charge is 0.495 e. The third-order valence-corrected chi connectivity index (χ3v) is 5.95. The third-order valence-electron chi connectivity index (χ3n) is 3.97. The number of hydrogen-bond donors (Lipinski definition) is 1. The number of hydrogen-bond acceptors (Lipinski definition) is 5. The van der Waals surface area contributed by atoms with Gasteiger partial charge in [0.25, 0.3) is 0 Å². The molecular formula is C15H21ClN2O4S. The minimum absolute atomic E-state index is 0.0603. The smallest absolute Gasteiger partial charge is 0.224 e. The lowest BCUT2D eigenvalue weighted by molar-refractivity contribution is -0.131. The van der Waals surface area contributed by atoms with Crippen LogP contribution in [0.5, 0.6) is 5.75 Å². The molecule has 6 nitrogen and oxygen atoms in total. The van der Waals surface area contributed by atoms with E-state index in [4.69, 9.17) is 16.3 Å². The van der Waals surface area contributed by atoms with E-state index >= 15 is 0 Å². The second-order valence-corrected chi connectivity index (χ2v) is 8.25. The van der Waals surface area contributed by atoms with Crippen LogP contribution in [0.1, 0.15) is 12.8 Å². The number of halogens is 1. The van der Waals surface area contributed by atoms with Crippen LogP contribution in [0.2, 0.25) is 5.02 Å². The van der Waals surface area contributed by atoms with Crippen molar-refractivity contribution in [3.63, 3.8) is 0 Å². The Labute approximate surface area is 141 Å². The van der Waals surface area contributed by atoms with E-state index in [2.05, 4.69) is 5.32 Å². The predicted octanol–water partition coefficient (Wildman–Crippen LogP) is 1.80. The van der Waals surface area contributed by atoms with Crippen LogP contribution in [0.3, 0.4) is 0 Å². The van der Waals surface area contributed by atoms with Gasteiger partial charge < -0.3 is 15.0 Å². The van der Waals surface area contributed by atoms with Gasteiger partial charge in [0.05, 0.1) is 24.3 Å². The molecule has 8 heteroatoms. The van der Waals surface area contributed by atoms with E-state index in [9.17, 15) is 13.2 Å². The first-order chi connectivity index (χ1) is 10.8. The maximum Gasteiger partial charge on any atom is 0.224 e. The molecule has 1 amide bonds. The van der Waals surface area contributed by atoms with Crippen LogP contribution >= 0.6 is 11.6 Å². The van der Waals surface area contributed by atoms with Gasteiger partial charge in [-0.25, -0.2) is 8.42 Å². The molecule has 1 aliphatic rings. The monoisotopic (exact) mass is 360 g/mol. The van der Waals surface area contributed by atoms with Crippen molar-refractivity contribution >= 4 is 33.0 Å². The highest BCUT2D eigenvalue weighted by Gasteiger charge is 2.32. The quantitative estimate of drug-likeness (QED) is 0.837. The van der Waals surface area contributed by atoms with Gasteiger partial charge in [-0.05, 0) is 24.6 Å². The van der Waals surface area contributed by atoms with Crippen molar-refractivity contribution in [3.8, 4) is 5.75 Å². The summed E-state index contributed by atoms with van der Waals surface area (Å²) in [6.45, 7) is 0.416. The summed E-state index contributed by atoms with van der Waals surface area (Å²) in [6, 6.07) is 5.00. The Bertz CT molecular complexity index is 678. The summed E-state index contributed by atoms with van der Waals surface area (Å²) in [6.07, 6.45) is 0.781. The molecule has 1 unspecified atom stereocenters. The molecule has 2 rings (SSSR count). The molecule has 1 fully saturated rings. The number of sulfone groups is 1. The van der Waals surface area contributed by atoms with Crippen LogP contribution in [0.15, 0.2) is 18.2 Å². The molecule has 1 aromatic rings. The van der Waals surface area contributed by atoms with Gasteiger partial charge in [-0.15, -0.1) is 0 Å². The molecule has 0 saturated carbocycles. The first-order valence-corrected chi connectivity index (χ1v) is 9.56. The van der Waals surface area contributed by atoms with E-state index < -0.39 is 9.84 Å². The molecule has 23 heavy (non-hydrogen) atoms. The van der Waals surface area contributed by atoms with Gasteiger partial charge >= 0.3 is 0 Å². The fourth-order valence-corrected chi connectivity index (χ4v) is 4.53. The van der Waals surface area contributed by atoms with Crippen molar-refractivity contribution in [1.82, 2.24) is 4.90 Å². The molecular weight excluding hydrogens is 340 g/mol. The van der Waals surface area contributed by atoms with Crippen molar-refractivity contribution in [2.75, 3.05) is 37.5 Å². The lowest BCUT2D eigenvalue weighted by Gasteiger charge is -2.23. The third kappa shape index (κ3) is 4.75. The Morgan fingerprint density at radius 1 is 1.48 bits per heavy atom.